The number of allylic oxidation sites excluding steroid dienone is 1. The summed E-state index contributed by atoms with van der Waals surface area (Å²) in [6.45, 7) is 2.31. The summed E-state index contributed by atoms with van der Waals surface area (Å²) >= 11 is 0. The molecule has 2 aliphatic carbocycles. The lowest BCUT2D eigenvalue weighted by atomic mass is 9.86. The van der Waals surface area contributed by atoms with Crippen molar-refractivity contribution in [3.8, 4) is 0 Å². The van der Waals surface area contributed by atoms with Gasteiger partial charge in [-0.3, -0.25) is 4.90 Å². The first kappa shape index (κ1) is 19.3. The standard InChI is InChI=1S/C27H33NSi/c1-3-9-21(10-4-1)17-22-15-16-27(26(22)20-29-25-13-5-2-6-14-25)28-18-23-11-7-8-12-24(23)19-28/h2,5-8,11-14,17,21,26-27H,1,3-4,9-10,15-16,18-20H2/b22-17+/t26-,27-/m1/s1. The molecule has 2 saturated carbocycles. The number of nitrogens with zero attached hydrogens (tertiary/aromatic N) is 1. The van der Waals surface area contributed by atoms with Crippen molar-refractivity contribution in [3.63, 3.8) is 0 Å². The molecule has 2 radical (unpaired) electrons. The van der Waals surface area contributed by atoms with Gasteiger partial charge < -0.3 is 0 Å². The zero-order valence-electron chi connectivity index (χ0n) is 17.5. The second-order valence-corrected chi connectivity index (χ2v) is 10.6. The lowest BCUT2D eigenvalue weighted by molar-refractivity contribution is 0.174. The summed E-state index contributed by atoms with van der Waals surface area (Å²) < 4.78 is 0. The van der Waals surface area contributed by atoms with Gasteiger partial charge in [-0.1, -0.05) is 90.7 Å². The molecule has 2 atom stereocenters. The van der Waals surface area contributed by atoms with E-state index in [1.807, 2.05) is 0 Å². The number of hydrogen-bond acceptors (Lipinski definition) is 1. The minimum Gasteiger partial charge on any atom is -0.291 e. The summed E-state index contributed by atoms with van der Waals surface area (Å²) in [5.74, 6) is 1.61. The van der Waals surface area contributed by atoms with Gasteiger partial charge in [-0.2, -0.15) is 0 Å². The predicted molar refractivity (Wildman–Crippen MR) is 123 cm³/mol. The predicted octanol–water partition coefficient (Wildman–Crippen LogP) is 5.74. The van der Waals surface area contributed by atoms with Crippen molar-refractivity contribution in [1.29, 1.82) is 0 Å². The highest BCUT2D eigenvalue weighted by Crippen LogP contribution is 2.42. The minimum atomic E-state index is 0.730. The molecule has 29 heavy (non-hydrogen) atoms. The Morgan fingerprint density at radius 3 is 2.24 bits per heavy atom. The molecule has 1 aliphatic heterocycles. The van der Waals surface area contributed by atoms with Crippen molar-refractivity contribution in [3.05, 3.63) is 77.4 Å². The summed E-state index contributed by atoms with van der Waals surface area (Å²) in [6, 6.07) is 22.3. The molecule has 3 aliphatic rings. The molecule has 2 aromatic rings. The van der Waals surface area contributed by atoms with Gasteiger partial charge in [0.05, 0.1) is 9.52 Å². The largest absolute Gasteiger partial charge is 0.291 e. The molecule has 150 valence electrons. The van der Waals surface area contributed by atoms with Crippen LogP contribution in [0.1, 0.15) is 56.1 Å². The van der Waals surface area contributed by atoms with Gasteiger partial charge in [-0.05, 0) is 54.7 Å². The quantitative estimate of drug-likeness (QED) is 0.458. The first-order chi connectivity index (χ1) is 14.4. The van der Waals surface area contributed by atoms with Gasteiger partial charge in [0, 0.05) is 19.1 Å². The number of hydrogen-bond donors (Lipinski definition) is 0. The monoisotopic (exact) mass is 399 g/mol. The molecule has 0 N–H and O–H groups in total. The molecule has 0 unspecified atom stereocenters. The van der Waals surface area contributed by atoms with Crippen LogP contribution in [-0.2, 0) is 13.1 Å². The van der Waals surface area contributed by atoms with Crippen LogP contribution >= 0.6 is 0 Å². The topological polar surface area (TPSA) is 3.24 Å². The molecule has 0 bridgehead atoms. The second-order valence-electron chi connectivity index (χ2n) is 9.27. The highest BCUT2D eigenvalue weighted by molar-refractivity contribution is 6.53. The number of benzene rings is 2. The smallest absolute Gasteiger partial charge is 0.0814 e. The van der Waals surface area contributed by atoms with Crippen LogP contribution in [0.15, 0.2) is 66.2 Å². The Bertz CT molecular complexity index is 812. The summed E-state index contributed by atoms with van der Waals surface area (Å²) in [6.07, 6.45) is 12.6. The molecule has 1 nitrogen and oxygen atoms in total. The van der Waals surface area contributed by atoms with Gasteiger partial charge in [0.1, 0.15) is 0 Å². The Hall–Kier alpha value is -1.64. The van der Waals surface area contributed by atoms with Crippen molar-refractivity contribution in [2.45, 2.75) is 70.1 Å². The summed E-state index contributed by atoms with van der Waals surface area (Å²) in [4.78, 5) is 2.80. The molecular formula is C27H33NSi. The van der Waals surface area contributed by atoms with E-state index < -0.39 is 0 Å². The normalized spacial score (nSPS) is 26.8. The van der Waals surface area contributed by atoms with Crippen LogP contribution in [0.25, 0.3) is 0 Å². The van der Waals surface area contributed by atoms with E-state index >= 15 is 0 Å². The lowest BCUT2D eigenvalue weighted by Crippen LogP contribution is -2.35. The van der Waals surface area contributed by atoms with E-state index in [2.05, 4.69) is 65.6 Å². The second kappa shape index (κ2) is 9.02. The molecule has 0 saturated heterocycles. The Morgan fingerprint density at radius 2 is 1.52 bits per heavy atom. The molecule has 2 fully saturated rings. The molecule has 2 heteroatoms. The first-order valence-corrected chi connectivity index (χ1v) is 12.9. The van der Waals surface area contributed by atoms with Crippen molar-refractivity contribution in [2.24, 2.45) is 11.8 Å². The van der Waals surface area contributed by atoms with Crippen molar-refractivity contribution in [1.82, 2.24) is 4.90 Å². The van der Waals surface area contributed by atoms with E-state index in [0.717, 1.165) is 40.5 Å². The summed E-state index contributed by atoms with van der Waals surface area (Å²) in [7, 11) is 0.930. The van der Waals surface area contributed by atoms with E-state index in [1.165, 1.54) is 56.2 Å². The van der Waals surface area contributed by atoms with Crippen LogP contribution < -0.4 is 5.19 Å². The van der Waals surface area contributed by atoms with E-state index in [-0.39, 0.29) is 0 Å². The van der Waals surface area contributed by atoms with Crippen LogP contribution in [-0.4, -0.2) is 20.5 Å². The third-order valence-electron chi connectivity index (χ3n) is 7.40. The highest BCUT2D eigenvalue weighted by atomic mass is 28.2. The zero-order valence-corrected chi connectivity index (χ0v) is 18.5. The van der Waals surface area contributed by atoms with Crippen LogP contribution in [0.5, 0.6) is 0 Å². The summed E-state index contributed by atoms with van der Waals surface area (Å²) in [5.41, 5.74) is 4.92. The third-order valence-corrected chi connectivity index (χ3v) is 8.79. The molecule has 0 spiro atoms. The zero-order chi connectivity index (χ0) is 19.5. The van der Waals surface area contributed by atoms with Gasteiger partial charge in [0.25, 0.3) is 0 Å². The van der Waals surface area contributed by atoms with E-state index in [9.17, 15) is 0 Å². The number of fused-ring (bicyclic) bond motifs is 1. The fourth-order valence-corrected chi connectivity index (χ4v) is 7.26. The van der Waals surface area contributed by atoms with Crippen LogP contribution in [0.4, 0.5) is 0 Å². The Morgan fingerprint density at radius 1 is 0.828 bits per heavy atom. The van der Waals surface area contributed by atoms with E-state index in [0.29, 0.717) is 0 Å². The molecule has 2 aromatic carbocycles. The maximum atomic E-state index is 2.80. The van der Waals surface area contributed by atoms with Crippen LogP contribution in [0, 0.1) is 11.8 Å². The molecular weight excluding hydrogens is 366 g/mol. The fraction of sp³-hybridized carbons (Fsp3) is 0.481. The van der Waals surface area contributed by atoms with Gasteiger partial charge in [-0.25, -0.2) is 0 Å². The average Bonchev–Trinajstić information content (AvgIpc) is 3.37. The maximum Gasteiger partial charge on any atom is 0.0814 e. The molecule has 0 amide bonds. The van der Waals surface area contributed by atoms with Crippen molar-refractivity contribution in [2.75, 3.05) is 0 Å². The SMILES string of the molecule is C(=C1/CC[C@@H](N2Cc3ccccc3C2)[C@@H]1C[Si]c1ccccc1)/C1CCCCC1. The van der Waals surface area contributed by atoms with Gasteiger partial charge in [0.2, 0.25) is 0 Å². The minimum absolute atomic E-state index is 0.730. The van der Waals surface area contributed by atoms with Gasteiger partial charge >= 0.3 is 0 Å². The fourth-order valence-electron chi connectivity index (χ4n) is 5.84. The Labute approximate surface area is 179 Å². The highest BCUT2D eigenvalue weighted by Gasteiger charge is 2.37. The molecule has 0 aromatic heterocycles. The maximum absolute atomic E-state index is 2.80. The number of rotatable bonds is 5. The van der Waals surface area contributed by atoms with Crippen molar-refractivity contribution >= 4 is 14.7 Å². The first-order valence-electron chi connectivity index (χ1n) is 11.7. The Balaban J connectivity index is 1.34. The van der Waals surface area contributed by atoms with E-state index in [4.69, 9.17) is 0 Å². The molecule has 1 heterocycles. The third kappa shape index (κ3) is 4.44. The molecule has 5 rings (SSSR count). The van der Waals surface area contributed by atoms with Crippen molar-refractivity contribution < 1.29 is 0 Å². The average molecular weight is 400 g/mol. The lowest BCUT2D eigenvalue weighted by Gasteiger charge is -2.30. The van der Waals surface area contributed by atoms with Gasteiger partial charge in [-0.15, -0.1) is 0 Å². The van der Waals surface area contributed by atoms with Crippen LogP contribution in [0.2, 0.25) is 6.04 Å². The van der Waals surface area contributed by atoms with E-state index in [1.54, 1.807) is 16.7 Å². The Kier molecular flexibility index (Phi) is 6.01. The summed E-state index contributed by atoms with van der Waals surface area (Å²) in [5, 5.41) is 1.53. The van der Waals surface area contributed by atoms with Gasteiger partial charge in [0.15, 0.2) is 0 Å². The van der Waals surface area contributed by atoms with Crippen LogP contribution in [0.3, 0.4) is 0 Å².